The van der Waals surface area contributed by atoms with Gasteiger partial charge >= 0.3 is 0 Å². The second-order valence-electron chi connectivity index (χ2n) is 9.89. The molecule has 0 saturated carbocycles. The maximum atomic E-state index is 11.3. The Labute approximate surface area is 224 Å². The molecule has 0 aromatic heterocycles. The number of rotatable bonds is 6. The number of para-hydroxylation sites is 2. The average molecular weight is 529 g/mol. The fraction of sp³-hybridized carbons (Fsp3) is 0.276. The molecule has 3 aromatic rings. The van der Waals surface area contributed by atoms with Crippen LogP contribution in [0.1, 0.15) is 33.3 Å². The molecule has 0 saturated heterocycles. The van der Waals surface area contributed by atoms with Crippen LogP contribution in [0.25, 0.3) is 0 Å². The average Bonchev–Trinajstić information content (AvgIpc) is 3.37. The van der Waals surface area contributed by atoms with Crippen LogP contribution in [0, 0.1) is 10.1 Å². The van der Waals surface area contributed by atoms with Crippen LogP contribution >= 0.6 is 7.36 Å². The highest BCUT2D eigenvalue weighted by Gasteiger charge is 2.49. The number of non-ortho nitro benzene ring substituents is 1. The van der Waals surface area contributed by atoms with Gasteiger partial charge in [0.15, 0.2) is 7.36 Å². The number of benzene rings is 3. The summed E-state index contributed by atoms with van der Waals surface area (Å²) < 4.78 is 10.0. The van der Waals surface area contributed by atoms with Gasteiger partial charge in [0.25, 0.3) is 5.69 Å². The number of nitro groups is 1. The van der Waals surface area contributed by atoms with E-state index in [1.807, 2.05) is 24.4 Å². The van der Waals surface area contributed by atoms with Gasteiger partial charge in [-0.2, -0.15) is 5.10 Å². The lowest BCUT2D eigenvalue weighted by Gasteiger charge is -2.40. The fourth-order valence-electron chi connectivity index (χ4n) is 5.66. The van der Waals surface area contributed by atoms with Crippen molar-refractivity contribution in [3.05, 3.63) is 106 Å². The monoisotopic (exact) mass is 528 g/mol. The van der Waals surface area contributed by atoms with E-state index in [-0.39, 0.29) is 16.0 Å². The Balaban J connectivity index is 1.86. The van der Waals surface area contributed by atoms with E-state index in [4.69, 9.17) is 9.85 Å². The van der Waals surface area contributed by atoms with Gasteiger partial charge in [-0.05, 0) is 35.9 Å². The molecular formula is C29H33N6O2P. The van der Waals surface area contributed by atoms with Crippen LogP contribution in [-0.2, 0) is 5.41 Å². The third-order valence-corrected chi connectivity index (χ3v) is 11.1. The van der Waals surface area contributed by atoms with Gasteiger partial charge in [-0.25, -0.2) is 14.2 Å². The Morgan fingerprint density at radius 2 is 1.61 bits per heavy atom. The number of nitro benzene ring substituents is 1. The zero-order chi connectivity index (χ0) is 27.1. The fourth-order valence-corrected chi connectivity index (χ4v) is 9.54. The van der Waals surface area contributed by atoms with Gasteiger partial charge in [0.2, 0.25) is 0 Å². The molecule has 8 nitrogen and oxygen atoms in total. The molecule has 5 rings (SSSR count). The number of nitrogens with zero attached hydrogens (tertiary/aromatic N) is 6. The van der Waals surface area contributed by atoms with Crippen LogP contribution in [0.3, 0.4) is 0 Å². The number of hydrogen-bond donors (Lipinski definition) is 0. The van der Waals surface area contributed by atoms with Gasteiger partial charge < -0.3 is 4.90 Å². The van der Waals surface area contributed by atoms with E-state index >= 15 is 0 Å². The molecule has 0 spiro atoms. The molecule has 0 amide bonds. The number of allylic oxidation sites excluding steroid dienone is 2. The summed E-state index contributed by atoms with van der Waals surface area (Å²) in [6.45, 7) is 10.4. The normalized spacial score (nSPS) is 21.7. The number of anilines is 2. The number of likely N-dealkylation sites (N-methyl/N-ethyl adjacent to an activating group) is 1. The van der Waals surface area contributed by atoms with Gasteiger partial charge in [-0.15, -0.1) is 0 Å². The molecule has 0 unspecified atom stereocenters. The van der Waals surface area contributed by atoms with Gasteiger partial charge in [-0.1, -0.05) is 64.1 Å². The van der Waals surface area contributed by atoms with E-state index in [2.05, 4.69) is 85.5 Å². The first-order valence-corrected chi connectivity index (χ1v) is 14.5. The molecule has 1 atom stereocenters. The van der Waals surface area contributed by atoms with E-state index in [1.165, 1.54) is 29.1 Å². The van der Waals surface area contributed by atoms with Gasteiger partial charge in [0.05, 0.1) is 27.8 Å². The minimum atomic E-state index is -2.72. The topological polar surface area (TPSA) is 77.6 Å². The van der Waals surface area contributed by atoms with Crippen molar-refractivity contribution in [1.82, 2.24) is 4.67 Å². The summed E-state index contributed by atoms with van der Waals surface area (Å²) >= 11 is 0. The van der Waals surface area contributed by atoms with E-state index < -0.39 is 7.36 Å². The molecule has 0 fully saturated rings. The van der Waals surface area contributed by atoms with Crippen molar-refractivity contribution in [2.24, 2.45) is 9.85 Å². The third kappa shape index (κ3) is 3.96. The van der Waals surface area contributed by atoms with Crippen molar-refractivity contribution in [1.29, 1.82) is 0 Å². The second kappa shape index (κ2) is 9.86. The van der Waals surface area contributed by atoms with Gasteiger partial charge in [-0.3, -0.25) is 10.1 Å². The molecule has 0 radical (unpaired) electrons. The first-order valence-electron chi connectivity index (χ1n) is 12.9. The summed E-state index contributed by atoms with van der Waals surface area (Å²) in [4.78, 5) is 13.2. The lowest BCUT2D eigenvalue weighted by atomic mass is 9.84. The van der Waals surface area contributed by atoms with Crippen LogP contribution < -0.4 is 9.68 Å². The van der Waals surface area contributed by atoms with E-state index in [9.17, 15) is 10.1 Å². The maximum absolute atomic E-state index is 11.3. The number of hydrazone groups is 1. The van der Waals surface area contributed by atoms with E-state index in [1.54, 1.807) is 12.1 Å². The van der Waals surface area contributed by atoms with Crippen LogP contribution in [0.15, 0.2) is 99.7 Å². The van der Waals surface area contributed by atoms with E-state index in [0.717, 1.165) is 24.1 Å². The largest absolute Gasteiger partial charge is 0.346 e. The molecule has 0 bridgehead atoms. The summed E-state index contributed by atoms with van der Waals surface area (Å²) in [6, 6.07) is 25.2. The second-order valence-corrected chi connectivity index (χ2v) is 12.6. The summed E-state index contributed by atoms with van der Waals surface area (Å²) in [6.07, 6.45) is 1.99. The first kappa shape index (κ1) is 25.9. The van der Waals surface area contributed by atoms with Gasteiger partial charge in [0.1, 0.15) is 0 Å². The van der Waals surface area contributed by atoms with Crippen LogP contribution in [0.4, 0.5) is 22.7 Å². The van der Waals surface area contributed by atoms with Gasteiger partial charge in [0, 0.05) is 49.1 Å². The molecule has 0 N–H and O–H groups in total. The Hall–Kier alpha value is -3.74. The zero-order valence-corrected chi connectivity index (χ0v) is 23.3. The van der Waals surface area contributed by atoms with Crippen molar-refractivity contribution in [2.45, 2.75) is 33.1 Å². The minimum Gasteiger partial charge on any atom is -0.346 e. The summed E-state index contributed by atoms with van der Waals surface area (Å²) in [5.74, 6) is 0. The predicted octanol–water partition coefficient (Wildman–Crippen LogP) is 7.74. The highest BCUT2D eigenvalue weighted by molar-refractivity contribution is 7.71. The number of fused-ring (bicyclic) bond motifs is 1. The Morgan fingerprint density at radius 1 is 0.974 bits per heavy atom. The Morgan fingerprint density at radius 3 is 2.21 bits per heavy atom. The smallest absolute Gasteiger partial charge is 0.269 e. The van der Waals surface area contributed by atoms with Crippen LogP contribution in [0.5, 0.6) is 0 Å². The predicted molar refractivity (Wildman–Crippen MR) is 157 cm³/mol. The van der Waals surface area contributed by atoms with Crippen molar-refractivity contribution in [2.75, 3.05) is 29.8 Å². The van der Waals surface area contributed by atoms with Crippen molar-refractivity contribution >= 4 is 36.3 Å². The molecule has 0 aliphatic carbocycles. The highest BCUT2D eigenvalue weighted by atomic mass is 31.2. The zero-order valence-electron chi connectivity index (χ0n) is 22.4. The maximum Gasteiger partial charge on any atom is 0.269 e. The van der Waals surface area contributed by atoms with E-state index in [0.29, 0.717) is 5.69 Å². The molecule has 3 aromatic carbocycles. The SMILES string of the molecule is CCN(CC)[P@]1(=Nc2ccc([N+](=O)[O-])cc2)/C(=C2/N(C)c3ccccc3C2(C)C)C=NN1c1ccccc1. The first-order chi connectivity index (χ1) is 18.3. The standard InChI is InChI=1S/C29H33N6O2P/c1-6-33(7-2)38(31-22-17-19-24(20-18-22)35(36)37)27(21-30-34(38)23-13-9-8-10-14-23)28-29(3,4)25-15-11-12-16-26(25)32(28)5/h8-21H,6-7H2,1-5H3/b28-27+/t38-/m1/s1. The quantitative estimate of drug-likeness (QED) is 0.186. The molecule has 38 heavy (non-hydrogen) atoms. The van der Waals surface area contributed by atoms with Crippen molar-refractivity contribution in [3.63, 3.8) is 0 Å². The molecule has 2 heterocycles. The van der Waals surface area contributed by atoms with Crippen molar-refractivity contribution < 1.29 is 4.92 Å². The van der Waals surface area contributed by atoms with Crippen molar-refractivity contribution in [3.8, 4) is 0 Å². The molecule has 2 aliphatic heterocycles. The summed E-state index contributed by atoms with van der Waals surface area (Å²) in [5.41, 5.74) is 5.05. The Kier molecular flexibility index (Phi) is 6.72. The van der Waals surface area contributed by atoms with Crippen LogP contribution in [0.2, 0.25) is 0 Å². The third-order valence-electron chi connectivity index (χ3n) is 7.41. The molecule has 9 heteroatoms. The lowest BCUT2D eigenvalue weighted by Crippen LogP contribution is -2.31. The Bertz CT molecular complexity index is 1480. The number of hydrogen-bond acceptors (Lipinski definition) is 5. The van der Waals surface area contributed by atoms with Crippen LogP contribution in [-0.4, -0.2) is 35.9 Å². The summed E-state index contributed by atoms with van der Waals surface area (Å²) in [5, 5.41) is 17.5. The molecular weight excluding hydrogens is 495 g/mol. The molecule has 2 aliphatic rings. The highest BCUT2D eigenvalue weighted by Crippen LogP contribution is 2.70. The molecule has 196 valence electrons. The summed E-state index contributed by atoms with van der Waals surface area (Å²) in [7, 11) is -0.595. The lowest BCUT2D eigenvalue weighted by molar-refractivity contribution is -0.384. The minimum absolute atomic E-state index is 0.0486.